The molecular weight excluding hydrogens is 254 g/mol. The van der Waals surface area contributed by atoms with Crippen LogP contribution in [0, 0.1) is 0 Å². The highest BCUT2D eigenvalue weighted by Crippen LogP contribution is 2.36. The van der Waals surface area contributed by atoms with E-state index in [1.165, 1.54) is 0 Å². The molecule has 0 bridgehead atoms. The number of hydrogen-bond acceptors (Lipinski definition) is 4. The molecule has 2 aromatic carbocycles. The fraction of sp³-hybridized carbons (Fsp3) is 0.250. The molecule has 0 aliphatic carbocycles. The van der Waals surface area contributed by atoms with Crippen molar-refractivity contribution in [3.8, 4) is 17.2 Å². The number of ether oxygens (including phenoxy) is 3. The number of benzene rings is 2. The number of methoxy groups -OCH3 is 3. The van der Waals surface area contributed by atoms with Gasteiger partial charge in [0.15, 0.2) is 0 Å². The first-order valence-electron chi connectivity index (χ1n) is 6.31. The molecule has 0 aliphatic rings. The summed E-state index contributed by atoms with van der Waals surface area (Å²) >= 11 is 0. The molecule has 0 saturated heterocycles. The van der Waals surface area contributed by atoms with Gasteiger partial charge in [0.1, 0.15) is 17.2 Å². The SMILES string of the molecule is COc1cc(OC)c(Cc2ccccc2N)c(OC)c1. The van der Waals surface area contributed by atoms with Crippen molar-refractivity contribution in [2.24, 2.45) is 0 Å². The van der Waals surface area contributed by atoms with Crippen LogP contribution < -0.4 is 19.9 Å². The minimum Gasteiger partial charge on any atom is -0.496 e. The zero-order chi connectivity index (χ0) is 14.5. The van der Waals surface area contributed by atoms with Crippen LogP contribution in [0.5, 0.6) is 17.2 Å². The second-order valence-electron chi connectivity index (χ2n) is 4.39. The summed E-state index contributed by atoms with van der Waals surface area (Å²) in [6.45, 7) is 0. The molecule has 2 N–H and O–H groups in total. The fourth-order valence-electron chi connectivity index (χ4n) is 2.14. The van der Waals surface area contributed by atoms with Gasteiger partial charge in [-0.25, -0.2) is 0 Å². The molecule has 2 aromatic rings. The Kier molecular flexibility index (Phi) is 4.35. The first kappa shape index (κ1) is 14.1. The van der Waals surface area contributed by atoms with Crippen molar-refractivity contribution in [1.82, 2.24) is 0 Å². The van der Waals surface area contributed by atoms with Crippen LogP contribution in [-0.4, -0.2) is 21.3 Å². The first-order chi connectivity index (χ1) is 9.69. The highest BCUT2D eigenvalue weighted by Gasteiger charge is 2.14. The molecule has 0 amide bonds. The van der Waals surface area contributed by atoms with Crippen LogP contribution in [0.3, 0.4) is 0 Å². The van der Waals surface area contributed by atoms with Gasteiger partial charge in [-0.15, -0.1) is 0 Å². The second-order valence-corrected chi connectivity index (χ2v) is 4.39. The molecule has 0 spiro atoms. The Bertz CT molecular complexity index is 571. The normalized spacial score (nSPS) is 10.2. The van der Waals surface area contributed by atoms with Crippen molar-refractivity contribution in [2.45, 2.75) is 6.42 Å². The third-order valence-corrected chi connectivity index (χ3v) is 3.24. The van der Waals surface area contributed by atoms with Gasteiger partial charge in [-0.2, -0.15) is 0 Å². The van der Waals surface area contributed by atoms with Crippen LogP contribution in [0.25, 0.3) is 0 Å². The van der Waals surface area contributed by atoms with Crippen LogP contribution in [-0.2, 0) is 6.42 Å². The molecule has 4 nitrogen and oxygen atoms in total. The number of anilines is 1. The summed E-state index contributed by atoms with van der Waals surface area (Å²) < 4.78 is 16.1. The average Bonchev–Trinajstić information content (AvgIpc) is 2.49. The topological polar surface area (TPSA) is 53.7 Å². The van der Waals surface area contributed by atoms with Gasteiger partial charge in [0, 0.05) is 29.8 Å². The number of para-hydroxylation sites is 1. The van der Waals surface area contributed by atoms with E-state index in [0.717, 1.165) is 28.3 Å². The fourth-order valence-corrected chi connectivity index (χ4v) is 2.14. The number of rotatable bonds is 5. The monoisotopic (exact) mass is 273 g/mol. The Morgan fingerprint density at radius 2 is 1.50 bits per heavy atom. The summed E-state index contributed by atoms with van der Waals surface area (Å²) in [6, 6.07) is 11.5. The van der Waals surface area contributed by atoms with Gasteiger partial charge in [0.2, 0.25) is 0 Å². The zero-order valence-electron chi connectivity index (χ0n) is 12.0. The molecule has 0 radical (unpaired) electrons. The first-order valence-corrected chi connectivity index (χ1v) is 6.31. The summed E-state index contributed by atoms with van der Waals surface area (Å²) in [5.74, 6) is 2.15. The maximum Gasteiger partial charge on any atom is 0.129 e. The average molecular weight is 273 g/mol. The highest BCUT2D eigenvalue weighted by atomic mass is 16.5. The molecule has 0 fully saturated rings. The van der Waals surface area contributed by atoms with Gasteiger partial charge in [-0.3, -0.25) is 0 Å². The lowest BCUT2D eigenvalue weighted by Crippen LogP contribution is -2.01. The second kappa shape index (κ2) is 6.19. The summed E-state index contributed by atoms with van der Waals surface area (Å²) in [5, 5.41) is 0. The lowest BCUT2D eigenvalue weighted by atomic mass is 10.0. The molecule has 20 heavy (non-hydrogen) atoms. The minimum atomic E-state index is 0.642. The number of hydrogen-bond donors (Lipinski definition) is 1. The van der Waals surface area contributed by atoms with E-state index in [1.54, 1.807) is 21.3 Å². The summed E-state index contributed by atoms with van der Waals surface area (Å²) in [6.07, 6.45) is 0.642. The standard InChI is InChI=1S/C16H19NO3/c1-18-12-9-15(19-2)13(16(10-12)20-3)8-11-6-4-5-7-14(11)17/h4-7,9-10H,8,17H2,1-3H3. The van der Waals surface area contributed by atoms with E-state index < -0.39 is 0 Å². The molecule has 0 heterocycles. The van der Waals surface area contributed by atoms with Crippen LogP contribution in [0.1, 0.15) is 11.1 Å². The Morgan fingerprint density at radius 1 is 0.900 bits per heavy atom. The van der Waals surface area contributed by atoms with Gasteiger partial charge in [0.05, 0.1) is 21.3 Å². The smallest absolute Gasteiger partial charge is 0.129 e. The van der Waals surface area contributed by atoms with Crippen molar-refractivity contribution in [3.05, 3.63) is 47.5 Å². The summed E-state index contributed by atoms with van der Waals surface area (Å²) in [7, 11) is 4.88. The van der Waals surface area contributed by atoms with Crippen molar-refractivity contribution in [3.63, 3.8) is 0 Å². The zero-order valence-corrected chi connectivity index (χ0v) is 12.0. The van der Waals surface area contributed by atoms with Crippen LogP contribution in [0.4, 0.5) is 5.69 Å². The highest BCUT2D eigenvalue weighted by molar-refractivity contribution is 5.56. The Hall–Kier alpha value is -2.36. The van der Waals surface area contributed by atoms with Crippen LogP contribution in [0.15, 0.2) is 36.4 Å². The van der Waals surface area contributed by atoms with Gasteiger partial charge in [0.25, 0.3) is 0 Å². The molecule has 0 aromatic heterocycles. The maximum absolute atomic E-state index is 6.00. The van der Waals surface area contributed by atoms with Crippen molar-refractivity contribution in [1.29, 1.82) is 0 Å². The molecular formula is C16H19NO3. The lowest BCUT2D eigenvalue weighted by molar-refractivity contribution is 0.370. The molecule has 0 atom stereocenters. The van der Waals surface area contributed by atoms with E-state index >= 15 is 0 Å². The third kappa shape index (κ3) is 2.79. The molecule has 106 valence electrons. The number of nitrogens with two attached hydrogens (primary N) is 1. The maximum atomic E-state index is 6.00. The van der Waals surface area contributed by atoms with E-state index in [9.17, 15) is 0 Å². The predicted molar refractivity (Wildman–Crippen MR) is 79.8 cm³/mol. The molecule has 2 rings (SSSR count). The molecule has 4 heteroatoms. The van der Waals surface area contributed by atoms with Crippen LogP contribution in [0.2, 0.25) is 0 Å². The van der Waals surface area contributed by atoms with Crippen molar-refractivity contribution in [2.75, 3.05) is 27.1 Å². The van der Waals surface area contributed by atoms with Gasteiger partial charge >= 0.3 is 0 Å². The van der Waals surface area contributed by atoms with Gasteiger partial charge < -0.3 is 19.9 Å². The van der Waals surface area contributed by atoms with Gasteiger partial charge in [-0.05, 0) is 11.6 Å². The molecule has 0 aliphatic heterocycles. The van der Waals surface area contributed by atoms with Gasteiger partial charge in [-0.1, -0.05) is 18.2 Å². The largest absolute Gasteiger partial charge is 0.496 e. The van der Waals surface area contributed by atoms with Crippen molar-refractivity contribution < 1.29 is 14.2 Å². The van der Waals surface area contributed by atoms with E-state index in [4.69, 9.17) is 19.9 Å². The van der Waals surface area contributed by atoms with E-state index in [1.807, 2.05) is 36.4 Å². The minimum absolute atomic E-state index is 0.642. The van der Waals surface area contributed by atoms with E-state index in [-0.39, 0.29) is 0 Å². The summed E-state index contributed by atoms with van der Waals surface area (Å²) in [4.78, 5) is 0. The quantitative estimate of drug-likeness (QED) is 0.851. The van der Waals surface area contributed by atoms with Crippen LogP contribution >= 0.6 is 0 Å². The lowest BCUT2D eigenvalue weighted by Gasteiger charge is -2.15. The number of nitrogen functional groups attached to an aromatic ring is 1. The van der Waals surface area contributed by atoms with Crippen molar-refractivity contribution >= 4 is 5.69 Å². The molecule has 0 unspecified atom stereocenters. The predicted octanol–water partition coefficient (Wildman–Crippen LogP) is 2.89. The van der Waals surface area contributed by atoms with E-state index in [2.05, 4.69) is 0 Å². The Morgan fingerprint density at radius 3 is 2.00 bits per heavy atom. The Labute approximate surface area is 119 Å². The Balaban J connectivity index is 2.47. The third-order valence-electron chi connectivity index (χ3n) is 3.24. The summed E-state index contributed by atoms with van der Waals surface area (Å²) in [5.41, 5.74) is 8.75. The molecule has 0 saturated carbocycles. The van der Waals surface area contributed by atoms with E-state index in [0.29, 0.717) is 12.2 Å².